The SMILES string of the molecule is CCc1ccc(C(=O)NC2CCC(=Cc3cccc(Oc4ccc(C(F)(F)F)cn4)c3)CC2)cn1. The van der Waals surface area contributed by atoms with E-state index in [2.05, 4.69) is 21.4 Å². The van der Waals surface area contributed by atoms with E-state index in [9.17, 15) is 18.0 Å². The topological polar surface area (TPSA) is 64.1 Å². The van der Waals surface area contributed by atoms with E-state index in [4.69, 9.17) is 4.74 Å². The highest BCUT2D eigenvalue weighted by Crippen LogP contribution is 2.31. The summed E-state index contributed by atoms with van der Waals surface area (Å²) < 4.78 is 43.7. The fourth-order valence-corrected chi connectivity index (χ4v) is 3.95. The number of aromatic nitrogens is 2. The Morgan fingerprint density at radius 2 is 1.89 bits per heavy atom. The van der Waals surface area contributed by atoms with Crippen molar-refractivity contribution in [1.29, 1.82) is 0 Å². The molecule has 0 unspecified atom stereocenters. The van der Waals surface area contributed by atoms with Gasteiger partial charge in [-0.15, -0.1) is 0 Å². The summed E-state index contributed by atoms with van der Waals surface area (Å²) in [6.07, 6.45) is 4.31. The number of carbonyl (C=O) groups is 1. The molecule has 8 heteroatoms. The van der Waals surface area contributed by atoms with Crippen molar-refractivity contribution in [2.45, 2.75) is 51.2 Å². The van der Waals surface area contributed by atoms with Crippen molar-refractivity contribution in [3.8, 4) is 11.6 Å². The lowest BCUT2D eigenvalue weighted by Gasteiger charge is -2.25. The first-order valence-corrected chi connectivity index (χ1v) is 11.6. The number of aryl methyl sites for hydroxylation is 1. The molecule has 0 spiro atoms. The second kappa shape index (κ2) is 10.7. The number of benzene rings is 1. The Morgan fingerprint density at radius 1 is 1.09 bits per heavy atom. The lowest BCUT2D eigenvalue weighted by atomic mass is 9.89. The van der Waals surface area contributed by atoms with Crippen molar-refractivity contribution in [3.63, 3.8) is 0 Å². The van der Waals surface area contributed by atoms with Crippen LogP contribution < -0.4 is 10.1 Å². The fourth-order valence-electron chi connectivity index (χ4n) is 3.95. The van der Waals surface area contributed by atoms with Crippen LogP contribution in [0.25, 0.3) is 6.08 Å². The zero-order valence-corrected chi connectivity index (χ0v) is 19.3. The summed E-state index contributed by atoms with van der Waals surface area (Å²) >= 11 is 0. The minimum Gasteiger partial charge on any atom is -0.439 e. The van der Waals surface area contributed by atoms with Gasteiger partial charge in [-0.05, 0) is 68.0 Å². The van der Waals surface area contributed by atoms with Crippen molar-refractivity contribution in [2.75, 3.05) is 0 Å². The standard InChI is InChI=1S/C27H26F3N3O2/c1-2-22-12-8-20(16-31-22)26(34)33-23-10-6-18(7-11-23)14-19-4-3-5-24(15-19)35-25-13-9-21(17-32-25)27(28,29)30/h3-5,8-9,12-17,23H,2,6-7,10-11H2,1H3,(H,33,34). The van der Waals surface area contributed by atoms with Crippen LogP contribution in [0, 0.1) is 0 Å². The zero-order chi connectivity index (χ0) is 24.8. The average Bonchev–Trinajstić information content (AvgIpc) is 2.85. The van der Waals surface area contributed by atoms with Crippen molar-refractivity contribution >= 4 is 12.0 Å². The van der Waals surface area contributed by atoms with E-state index in [0.717, 1.165) is 55.6 Å². The van der Waals surface area contributed by atoms with Crippen LogP contribution in [0.5, 0.6) is 11.6 Å². The third-order valence-corrected chi connectivity index (χ3v) is 5.93. The summed E-state index contributed by atoms with van der Waals surface area (Å²) in [6, 6.07) is 13.3. The van der Waals surface area contributed by atoms with Gasteiger partial charge in [0.25, 0.3) is 5.91 Å². The zero-order valence-electron chi connectivity index (χ0n) is 19.3. The number of rotatable bonds is 6. The van der Waals surface area contributed by atoms with Crippen LogP contribution in [0.4, 0.5) is 13.2 Å². The second-order valence-electron chi connectivity index (χ2n) is 8.50. The predicted molar refractivity (Wildman–Crippen MR) is 127 cm³/mol. The molecular weight excluding hydrogens is 455 g/mol. The summed E-state index contributed by atoms with van der Waals surface area (Å²) in [5.41, 5.74) is 2.92. The number of ether oxygens (including phenoxy) is 1. The molecule has 1 amide bonds. The summed E-state index contributed by atoms with van der Waals surface area (Å²) in [5.74, 6) is 0.494. The Hall–Kier alpha value is -3.68. The van der Waals surface area contributed by atoms with Crippen LogP contribution in [0.3, 0.4) is 0 Å². The quantitative estimate of drug-likeness (QED) is 0.431. The van der Waals surface area contributed by atoms with Gasteiger partial charge >= 0.3 is 6.18 Å². The first-order chi connectivity index (χ1) is 16.8. The van der Waals surface area contributed by atoms with Crippen LogP contribution >= 0.6 is 0 Å². The highest BCUT2D eigenvalue weighted by Gasteiger charge is 2.30. The van der Waals surface area contributed by atoms with Crippen molar-refractivity contribution in [2.24, 2.45) is 0 Å². The minimum absolute atomic E-state index is 0.0959. The maximum atomic E-state index is 12.7. The number of carbonyl (C=O) groups excluding carboxylic acids is 1. The molecule has 1 aliphatic rings. The number of allylic oxidation sites excluding steroid dienone is 1. The average molecular weight is 482 g/mol. The number of halogens is 3. The maximum absolute atomic E-state index is 12.7. The lowest BCUT2D eigenvalue weighted by molar-refractivity contribution is -0.137. The highest BCUT2D eigenvalue weighted by molar-refractivity contribution is 5.94. The molecule has 0 radical (unpaired) electrons. The largest absolute Gasteiger partial charge is 0.439 e. The molecule has 1 N–H and O–H groups in total. The molecule has 1 saturated carbocycles. The van der Waals surface area contributed by atoms with Crippen molar-refractivity contribution in [1.82, 2.24) is 15.3 Å². The summed E-state index contributed by atoms with van der Waals surface area (Å²) in [6.45, 7) is 2.02. The first-order valence-electron chi connectivity index (χ1n) is 11.6. The molecule has 1 fully saturated rings. The molecule has 2 aromatic heterocycles. The van der Waals surface area contributed by atoms with E-state index in [1.807, 2.05) is 37.3 Å². The van der Waals surface area contributed by atoms with Crippen LogP contribution in [0.15, 0.2) is 66.5 Å². The van der Waals surface area contributed by atoms with Crippen LogP contribution in [0.2, 0.25) is 0 Å². The van der Waals surface area contributed by atoms with Gasteiger partial charge in [0.05, 0.1) is 11.1 Å². The monoisotopic (exact) mass is 481 g/mol. The molecule has 0 aliphatic heterocycles. The number of nitrogens with one attached hydrogen (secondary N) is 1. The molecule has 4 rings (SSSR count). The third kappa shape index (κ3) is 6.68. The van der Waals surface area contributed by atoms with Gasteiger partial charge in [-0.2, -0.15) is 13.2 Å². The van der Waals surface area contributed by atoms with Gasteiger partial charge in [0, 0.05) is 30.2 Å². The highest BCUT2D eigenvalue weighted by atomic mass is 19.4. The normalized spacial score (nSPS) is 16.0. The number of nitrogens with zero attached hydrogens (tertiary/aromatic N) is 2. The van der Waals surface area contributed by atoms with Crippen LogP contribution in [0.1, 0.15) is 59.8 Å². The summed E-state index contributed by atoms with van der Waals surface area (Å²) in [5, 5.41) is 3.10. The van der Waals surface area contributed by atoms with E-state index < -0.39 is 11.7 Å². The van der Waals surface area contributed by atoms with Crippen molar-refractivity contribution < 1.29 is 22.7 Å². The number of alkyl halides is 3. The molecule has 0 saturated heterocycles. The second-order valence-corrected chi connectivity index (χ2v) is 8.50. The molecule has 3 aromatic rings. The van der Waals surface area contributed by atoms with E-state index >= 15 is 0 Å². The van der Waals surface area contributed by atoms with Gasteiger partial charge in [-0.1, -0.05) is 30.7 Å². The summed E-state index contributed by atoms with van der Waals surface area (Å²) in [7, 11) is 0. The minimum atomic E-state index is -4.43. The van der Waals surface area contributed by atoms with Gasteiger partial charge in [0.15, 0.2) is 0 Å². The predicted octanol–water partition coefficient (Wildman–Crippen LogP) is 6.61. The first kappa shape index (κ1) is 24.4. The van der Waals surface area contributed by atoms with E-state index in [1.54, 1.807) is 12.3 Å². The van der Waals surface area contributed by atoms with E-state index in [0.29, 0.717) is 11.3 Å². The molecule has 182 valence electrons. The van der Waals surface area contributed by atoms with Gasteiger partial charge in [-0.3, -0.25) is 9.78 Å². The van der Waals surface area contributed by atoms with Crippen LogP contribution in [-0.4, -0.2) is 21.9 Å². The smallest absolute Gasteiger partial charge is 0.417 e. The number of pyridine rings is 2. The Morgan fingerprint density at radius 3 is 2.51 bits per heavy atom. The Labute approximate surface area is 202 Å². The van der Waals surface area contributed by atoms with Crippen molar-refractivity contribution in [3.05, 3.63) is 88.9 Å². The molecule has 1 aliphatic carbocycles. The Kier molecular flexibility index (Phi) is 7.48. The van der Waals surface area contributed by atoms with E-state index in [1.165, 1.54) is 11.6 Å². The van der Waals surface area contributed by atoms with Gasteiger partial charge < -0.3 is 10.1 Å². The van der Waals surface area contributed by atoms with Gasteiger partial charge in [-0.25, -0.2) is 4.98 Å². The number of hydrogen-bond donors (Lipinski definition) is 1. The Balaban J connectivity index is 1.32. The number of hydrogen-bond acceptors (Lipinski definition) is 4. The Bertz CT molecular complexity index is 1180. The molecule has 0 bridgehead atoms. The number of amides is 1. The summed E-state index contributed by atoms with van der Waals surface area (Å²) in [4.78, 5) is 20.5. The maximum Gasteiger partial charge on any atom is 0.417 e. The molecule has 0 atom stereocenters. The fraction of sp³-hybridized carbons (Fsp3) is 0.296. The van der Waals surface area contributed by atoms with Crippen LogP contribution in [-0.2, 0) is 12.6 Å². The lowest BCUT2D eigenvalue weighted by Crippen LogP contribution is -2.36. The molecule has 35 heavy (non-hydrogen) atoms. The third-order valence-electron chi connectivity index (χ3n) is 5.93. The molecule has 1 aromatic carbocycles. The van der Waals surface area contributed by atoms with Gasteiger partial charge in [0.1, 0.15) is 5.75 Å². The molecule has 2 heterocycles. The van der Waals surface area contributed by atoms with E-state index in [-0.39, 0.29) is 17.8 Å². The van der Waals surface area contributed by atoms with Gasteiger partial charge in [0.2, 0.25) is 5.88 Å². The molecular formula is C27H26F3N3O2. The molecule has 5 nitrogen and oxygen atoms in total.